The first-order chi connectivity index (χ1) is 20.5. The summed E-state index contributed by atoms with van der Waals surface area (Å²) in [5, 5.41) is 0. The largest absolute Gasteiger partial charge is 0.496 e. The molecule has 0 aliphatic carbocycles. The number of allylic oxidation sites excluding steroid dienone is 1. The molecule has 0 saturated carbocycles. The lowest BCUT2D eigenvalue weighted by Crippen LogP contribution is -2.40. The van der Waals surface area contributed by atoms with Crippen LogP contribution in [0.4, 0.5) is 0 Å². The SMILES string of the molecule is COc1ccc(Br)cc1[C@@H]1C(C(=O)OC(C)C)=C(C)N=c2s/c(=C\c3cc(Br)ccc3OCc3ccc(C)cc3)c(=O)n21. The zero-order valence-electron chi connectivity index (χ0n) is 24.3. The van der Waals surface area contributed by atoms with Gasteiger partial charge in [0.05, 0.1) is 29.0 Å². The molecular formula is C33H30Br2N2O5S. The van der Waals surface area contributed by atoms with Crippen molar-refractivity contribution in [2.45, 2.75) is 46.4 Å². The monoisotopic (exact) mass is 724 g/mol. The smallest absolute Gasteiger partial charge is 0.338 e. The predicted octanol–water partition coefficient (Wildman–Crippen LogP) is 6.61. The zero-order chi connectivity index (χ0) is 30.8. The number of ether oxygens (including phenoxy) is 3. The van der Waals surface area contributed by atoms with E-state index < -0.39 is 12.0 Å². The van der Waals surface area contributed by atoms with Crippen LogP contribution in [0.2, 0.25) is 0 Å². The van der Waals surface area contributed by atoms with E-state index in [-0.39, 0.29) is 17.2 Å². The van der Waals surface area contributed by atoms with E-state index in [1.807, 2.05) is 61.5 Å². The number of nitrogens with zero attached hydrogens (tertiary/aromatic N) is 2. The number of aromatic nitrogens is 1. The van der Waals surface area contributed by atoms with Gasteiger partial charge < -0.3 is 14.2 Å². The Hall–Kier alpha value is -3.47. The molecule has 1 atom stereocenters. The summed E-state index contributed by atoms with van der Waals surface area (Å²) in [5.74, 6) is 0.639. The van der Waals surface area contributed by atoms with Gasteiger partial charge in [0.2, 0.25) is 0 Å². The summed E-state index contributed by atoms with van der Waals surface area (Å²) in [6.07, 6.45) is 1.46. The molecule has 0 bridgehead atoms. The number of carbonyl (C=O) groups is 1. The summed E-state index contributed by atoms with van der Waals surface area (Å²) in [7, 11) is 1.56. The second kappa shape index (κ2) is 13.0. The van der Waals surface area contributed by atoms with E-state index in [2.05, 4.69) is 31.9 Å². The number of halogens is 2. The summed E-state index contributed by atoms with van der Waals surface area (Å²) in [4.78, 5) is 32.8. The molecule has 1 aliphatic rings. The zero-order valence-corrected chi connectivity index (χ0v) is 28.3. The molecule has 0 saturated heterocycles. The van der Waals surface area contributed by atoms with Crippen LogP contribution in [-0.4, -0.2) is 23.8 Å². The molecule has 7 nitrogen and oxygen atoms in total. The summed E-state index contributed by atoms with van der Waals surface area (Å²) in [6.45, 7) is 7.76. The van der Waals surface area contributed by atoms with E-state index in [1.165, 1.54) is 16.9 Å². The van der Waals surface area contributed by atoms with Crippen molar-refractivity contribution in [3.8, 4) is 11.5 Å². The van der Waals surface area contributed by atoms with E-state index in [9.17, 15) is 9.59 Å². The van der Waals surface area contributed by atoms with E-state index in [0.29, 0.717) is 38.7 Å². The van der Waals surface area contributed by atoms with Gasteiger partial charge in [-0.3, -0.25) is 9.36 Å². The van der Waals surface area contributed by atoms with Gasteiger partial charge in [0, 0.05) is 20.1 Å². The molecule has 0 unspecified atom stereocenters. The number of thiazole rings is 1. The lowest BCUT2D eigenvalue weighted by molar-refractivity contribution is -0.143. The maximum Gasteiger partial charge on any atom is 0.338 e. The Labute approximate surface area is 270 Å². The number of benzene rings is 3. The molecule has 1 aliphatic heterocycles. The Balaban J connectivity index is 1.66. The molecule has 1 aromatic heterocycles. The van der Waals surface area contributed by atoms with Crippen molar-refractivity contribution >= 4 is 55.2 Å². The highest BCUT2D eigenvalue weighted by atomic mass is 79.9. The number of hydrogen-bond acceptors (Lipinski definition) is 7. The van der Waals surface area contributed by atoms with Crippen LogP contribution < -0.4 is 24.4 Å². The average Bonchev–Trinajstić information content (AvgIpc) is 3.26. The fourth-order valence-corrected chi connectivity index (χ4v) is 6.62. The normalized spacial score (nSPS) is 14.9. The van der Waals surface area contributed by atoms with Gasteiger partial charge in [-0.25, -0.2) is 9.79 Å². The molecule has 2 heterocycles. The highest BCUT2D eigenvalue weighted by molar-refractivity contribution is 9.10. The predicted molar refractivity (Wildman–Crippen MR) is 175 cm³/mol. The highest BCUT2D eigenvalue weighted by Gasteiger charge is 2.35. The number of rotatable bonds is 8. The fraction of sp³-hybridized carbons (Fsp3) is 0.242. The van der Waals surface area contributed by atoms with Gasteiger partial charge in [0.1, 0.15) is 24.1 Å². The first kappa shape index (κ1) is 31.0. The van der Waals surface area contributed by atoms with E-state index in [4.69, 9.17) is 19.2 Å². The van der Waals surface area contributed by atoms with Crippen molar-refractivity contribution in [1.82, 2.24) is 4.57 Å². The first-order valence-corrected chi connectivity index (χ1v) is 16.0. The number of hydrogen-bond donors (Lipinski definition) is 0. The Morgan fingerprint density at radius 3 is 2.37 bits per heavy atom. The second-order valence-electron chi connectivity index (χ2n) is 10.4. The van der Waals surface area contributed by atoms with Crippen molar-refractivity contribution in [2.75, 3.05) is 7.11 Å². The summed E-state index contributed by atoms with van der Waals surface area (Å²) >= 11 is 8.35. The Kier molecular flexibility index (Phi) is 9.39. The van der Waals surface area contributed by atoms with Crippen molar-refractivity contribution in [3.05, 3.63) is 123 Å². The average molecular weight is 726 g/mol. The van der Waals surface area contributed by atoms with Crippen LogP contribution in [0.5, 0.6) is 11.5 Å². The van der Waals surface area contributed by atoms with Crippen LogP contribution in [-0.2, 0) is 16.1 Å². The molecule has 5 rings (SSSR count). The van der Waals surface area contributed by atoms with Crippen LogP contribution >= 0.6 is 43.2 Å². The maximum absolute atomic E-state index is 14.2. The Morgan fingerprint density at radius 1 is 1.02 bits per heavy atom. The minimum Gasteiger partial charge on any atom is -0.496 e. The van der Waals surface area contributed by atoms with Crippen molar-refractivity contribution in [1.29, 1.82) is 0 Å². The molecule has 3 aromatic carbocycles. The van der Waals surface area contributed by atoms with Gasteiger partial charge in [0.25, 0.3) is 5.56 Å². The van der Waals surface area contributed by atoms with Gasteiger partial charge in [-0.2, -0.15) is 0 Å². The number of carbonyl (C=O) groups excluding carboxylic acids is 1. The maximum atomic E-state index is 14.2. The van der Waals surface area contributed by atoms with Crippen LogP contribution in [0.1, 0.15) is 49.1 Å². The number of esters is 1. The molecule has 0 N–H and O–H groups in total. The third kappa shape index (κ3) is 6.71. The topological polar surface area (TPSA) is 79.1 Å². The molecule has 4 aromatic rings. The molecule has 0 radical (unpaired) electrons. The van der Waals surface area contributed by atoms with Crippen LogP contribution in [0, 0.1) is 6.92 Å². The summed E-state index contributed by atoms with van der Waals surface area (Å²) in [5.41, 5.74) is 4.07. The summed E-state index contributed by atoms with van der Waals surface area (Å²) in [6, 6.07) is 18.5. The third-order valence-corrected chi connectivity index (χ3v) is 8.81. The van der Waals surface area contributed by atoms with Gasteiger partial charge >= 0.3 is 5.97 Å². The fourth-order valence-electron chi connectivity index (χ4n) is 4.82. The Bertz CT molecular complexity index is 1910. The number of aryl methyl sites for hydroxylation is 1. The first-order valence-electron chi connectivity index (χ1n) is 13.6. The standard InChI is InChI=1S/C33H30Br2N2O5S/c1-18(2)42-32(39)29-20(4)36-33-37(30(29)25-16-24(35)11-13-27(25)40-5)31(38)28(43-33)15-22-14-23(34)10-12-26(22)41-17-21-8-6-19(3)7-9-21/h6-16,18,30H,17H2,1-5H3/b28-15-/t30-/m1/s1. The van der Waals surface area contributed by atoms with E-state index in [0.717, 1.165) is 20.1 Å². The molecule has 0 fully saturated rings. The van der Waals surface area contributed by atoms with Crippen LogP contribution in [0.15, 0.2) is 90.7 Å². The van der Waals surface area contributed by atoms with Crippen molar-refractivity contribution in [3.63, 3.8) is 0 Å². The van der Waals surface area contributed by atoms with Gasteiger partial charge in [0.15, 0.2) is 4.80 Å². The minimum absolute atomic E-state index is 0.286. The molecular weight excluding hydrogens is 696 g/mol. The molecule has 10 heteroatoms. The molecule has 0 spiro atoms. The quantitative estimate of drug-likeness (QED) is 0.191. The van der Waals surface area contributed by atoms with E-state index in [1.54, 1.807) is 44.6 Å². The number of fused-ring (bicyclic) bond motifs is 1. The lowest BCUT2D eigenvalue weighted by Gasteiger charge is -2.26. The molecule has 222 valence electrons. The highest BCUT2D eigenvalue weighted by Crippen LogP contribution is 2.37. The molecule has 0 amide bonds. The van der Waals surface area contributed by atoms with Gasteiger partial charge in [-0.15, -0.1) is 0 Å². The van der Waals surface area contributed by atoms with Crippen molar-refractivity contribution < 1.29 is 19.0 Å². The van der Waals surface area contributed by atoms with Gasteiger partial charge in [-0.1, -0.05) is 73.0 Å². The van der Waals surface area contributed by atoms with Crippen LogP contribution in [0.3, 0.4) is 0 Å². The molecule has 43 heavy (non-hydrogen) atoms. The summed E-state index contributed by atoms with van der Waals surface area (Å²) < 4.78 is 21.1. The minimum atomic E-state index is -0.808. The lowest BCUT2D eigenvalue weighted by atomic mass is 9.95. The number of methoxy groups -OCH3 is 1. The van der Waals surface area contributed by atoms with E-state index >= 15 is 0 Å². The second-order valence-corrected chi connectivity index (χ2v) is 13.2. The Morgan fingerprint density at radius 2 is 1.70 bits per heavy atom. The van der Waals surface area contributed by atoms with Crippen molar-refractivity contribution in [2.24, 2.45) is 4.99 Å². The third-order valence-electron chi connectivity index (χ3n) is 6.84. The van der Waals surface area contributed by atoms with Crippen LogP contribution in [0.25, 0.3) is 6.08 Å². The van der Waals surface area contributed by atoms with Gasteiger partial charge in [-0.05, 0) is 75.7 Å².